The fraction of sp³-hybridized carbons (Fsp3) is 0.250. The first-order valence-electron chi connectivity index (χ1n) is 4.27. The molecule has 0 bridgehead atoms. The summed E-state index contributed by atoms with van der Waals surface area (Å²) >= 11 is 0. The number of fused-ring (bicyclic) bond motifs is 1. The smallest absolute Gasteiger partial charge is 0.250 e. The molecule has 0 saturated carbocycles. The SMILES string of the molecule is CNS(=O)(=O)c1ccc2cnn(C)c2n1. The molecule has 1 N–H and O–H groups in total. The van der Waals surface area contributed by atoms with Gasteiger partial charge in [0.25, 0.3) is 10.0 Å². The van der Waals surface area contributed by atoms with Crippen molar-refractivity contribution in [1.82, 2.24) is 19.5 Å². The second-order valence-corrected chi connectivity index (χ2v) is 4.87. The number of rotatable bonds is 2. The molecule has 15 heavy (non-hydrogen) atoms. The summed E-state index contributed by atoms with van der Waals surface area (Å²) in [5, 5.41) is 4.80. The van der Waals surface area contributed by atoms with Crippen LogP contribution in [0, 0.1) is 0 Å². The van der Waals surface area contributed by atoms with Crippen LogP contribution in [0.3, 0.4) is 0 Å². The van der Waals surface area contributed by atoms with E-state index in [1.54, 1.807) is 19.3 Å². The van der Waals surface area contributed by atoms with Crippen molar-refractivity contribution in [1.29, 1.82) is 0 Å². The molecule has 0 aromatic carbocycles. The fourth-order valence-electron chi connectivity index (χ4n) is 1.26. The lowest BCUT2D eigenvalue weighted by molar-refractivity contribution is 0.584. The third-order valence-electron chi connectivity index (χ3n) is 2.10. The van der Waals surface area contributed by atoms with Crippen molar-refractivity contribution in [3.05, 3.63) is 18.3 Å². The van der Waals surface area contributed by atoms with Crippen LogP contribution in [0.4, 0.5) is 0 Å². The molecular weight excluding hydrogens is 216 g/mol. The fourth-order valence-corrected chi connectivity index (χ4v) is 1.92. The van der Waals surface area contributed by atoms with E-state index in [0.717, 1.165) is 5.39 Å². The van der Waals surface area contributed by atoms with Gasteiger partial charge in [-0.15, -0.1) is 0 Å². The molecule has 0 saturated heterocycles. The Morgan fingerprint density at radius 3 is 2.80 bits per heavy atom. The Bertz CT molecular complexity index is 602. The van der Waals surface area contributed by atoms with Crippen molar-refractivity contribution < 1.29 is 8.42 Å². The first-order chi connectivity index (χ1) is 7.04. The topological polar surface area (TPSA) is 76.9 Å². The molecule has 0 fully saturated rings. The first kappa shape index (κ1) is 10.1. The molecule has 0 atom stereocenters. The second kappa shape index (κ2) is 3.28. The van der Waals surface area contributed by atoms with Crippen molar-refractivity contribution in [3.8, 4) is 0 Å². The van der Waals surface area contributed by atoms with E-state index < -0.39 is 10.0 Å². The number of hydrogen-bond acceptors (Lipinski definition) is 4. The van der Waals surface area contributed by atoms with Gasteiger partial charge in [-0.2, -0.15) is 5.10 Å². The third kappa shape index (κ3) is 1.59. The Morgan fingerprint density at radius 2 is 2.13 bits per heavy atom. The van der Waals surface area contributed by atoms with Gasteiger partial charge in [0.05, 0.1) is 6.20 Å². The number of sulfonamides is 1. The minimum absolute atomic E-state index is 0.00102. The van der Waals surface area contributed by atoms with Gasteiger partial charge in [0.1, 0.15) is 0 Å². The number of hydrogen-bond donors (Lipinski definition) is 1. The lowest BCUT2D eigenvalue weighted by atomic mass is 10.4. The van der Waals surface area contributed by atoms with E-state index in [2.05, 4.69) is 14.8 Å². The van der Waals surface area contributed by atoms with Crippen LogP contribution in [0.5, 0.6) is 0 Å². The summed E-state index contributed by atoms with van der Waals surface area (Å²) in [6.07, 6.45) is 1.64. The van der Waals surface area contributed by atoms with Crippen molar-refractivity contribution in [2.24, 2.45) is 7.05 Å². The van der Waals surface area contributed by atoms with Gasteiger partial charge in [-0.05, 0) is 19.2 Å². The maximum Gasteiger partial charge on any atom is 0.257 e. The van der Waals surface area contributed by atoms with Crippen molar-refractivity contribution in [3.63, 3.8) is 0 Å². The summed E-state index contributed by atoms with van der Waals surface area (Å²) in [5.41, 5.74) is 0.548. The lowest BCUT2D eigenvalue weighted by Gasteiger charge is -2.01. The Balaban J connectivity index is 2.70. The van der Waals surface area contributed by atoms with E-state index in [-0.39, 0.29) is 5.03 Å². The van der Waals surface area contributed by atoms with E-state index in [1.807, 2.05) is 0 Å². The zero-order valence-electron chi connectivity index (χ0n) is 8.30. The van der Waals surface area contributed by atoms with Crippen molar-refractivity contribution in [2.45, 2.75) is 5.03 Å². The number of nitrogens with zero attached hydrogens (tertiary/aromatic N) is 3. The normalized spacial score (nSPS) is 12.1. The summed E-state index contributed by atoms with van der Waals surface area (Å²) in [5.74, 6) is 0. The molecule has 0 aliphatic rings. The number of pyridine rings is 1. The minimum atomic E-state index is -3.49. The quantitative estimate of drug-likeness (QED) is 0.774. The maximum atomic E-state index is 11.5. The highest BCUT2D eigenvalue weighted by atomic mass is 32.2. The Kier molecular flexibility index (Phi) is 2.20. The monoisotopic (exact) mass is 226 g/mol. The lowest BCUT2D eigenvalue weighted by Crippen LogP contribution is -2.19. The van der Waals surface area contributed by atoms with Crippen molar-refractivity contribution >= 4 is 21.1 Å². The largest absolute Gasteiger partial charge is 0.257 e. The standard InChI is InChI=1S/C8H10N4O2S/c1-9-15(13,14)7-4-3-6-5-10-12(2)8(6)11-7/h3-5,9H,1-2H3. The molecule has 0 aliphatic carbocycles. The summed E-state index contributed by atoms with van der Waals surface area (Å²) < 4.78 is 26.7. The average Bonchev–Trinajstić information content (AvgIpc) is 2.60. The molecule has 2 heterocycles. The predicted molar refractivity (Wildman–Crippen MR) is 54.8 cm³/mol. The van der Waals surface area contributed by atoms with Crippen LogP contribution in [0.1, 0.15) is 0 Å². The molecule has 80 valence electrons. The molecule has 0 radical (unpaired) electrons. The molecule has 0 spiro atoms. The molecule has 0 aliphatic heterocycles. The Labute approximate surface area is 87.0 Å². The van der Waals surface area contributed by atoms with Gasteiger partial charge in [0.2, 0.25) is 0 Å². The molecule has 0 amide bonds. The van der Waals surface area contributed by atoms with Gasteiger partial charge >= 0.3 is 0 Å². The summed E-state index contributed by atoms with van der Waals surface area (Å²) in [4.78, 5) is 4.03. The van der Waals surface area contributed by atoms with Gasteiger partial charge < -0.3 is 0 Å². The average molecular weight is 226 g/mol. The second-order valence-electron chi connectivity index (χ2n) is 3.04. The molecule has 2 aromatic heterocycles. The van der Waals surface area contributed by atoms with E-state index >= 15 is 0 Å². The van der Waals surface area contributed by atoms with E-state index in [4.69, 9.17) is 0 Å². The molecule has 6 nitrogen and oxygen atoms in total. The molecule has 7 heteroatoms. The van der Waals surface area contributed by atoms with Gasteiger partial charge in [-0.1, -0.05) is 0 Å². The van der Waals surface area contributed by atoms with Gasteiger partial charge in [-0.3, -0.25) is 4.68 Å². The molecule has 0 unspecified atom stereocenters. The minimum Gasteiger partial charge on any atom is -0.250 e. The first-order valence-corrected chi connectivity index (χ1v) is 5.75. The third-order valence-corrected chi connectivity index (χ3v) is 3.42. The number of aryl methyl sites for hydroxylation is 1. The molecular formula is C8H10N4O2S. The van der Waals surface area contributed by atoms with Crippen LogP contribution < -0.4 is 4.72 Å². The summed E-state index contributed by atoms with van der Waals surface area (Å²) in [6.45, 7) is 0. The van der Waals surface area contributed by atoms with Crippen LogP contribution in [-0.2, 0) is 17.1 Å². The molecule has 2 rings (SSSR count). The highest BCUT2D eigenvalue weighted by Crippen LogP contribution is 2.13. The van der Waals surface area contributed by atoms with E-state index in [9.17, 15) is 8.42 Å². The van der Waals surface area contributed by atoms with Crippen LogP contribution in [0.15, 0.2) is 23.4 Å². The Morgan fingerprint density at radius 1 is 1.40 bits per heavy atom. The van der Waals surface area contributed by atoms with Gasteiger partial charge in [0, 0.05) is 12.4 Å². The summed E-state index contributed by atoms with van der Waals surface area (Å²) in [6, 6.07) is 3.13. The maximum absolute atomic E-state index is 11.5. The highest BCUT2D eigenvalue weighted by Gasteiger charge is 2.14. The predicted octanol–water partition coefficient (Wildman–Crippen LogP) is -0.124. The summed E-state index contributed by atoms with van der Waals surface area (Å²) in [7, 11) is -0.421. The number of nitrogens with one attached hydrogen (secondary N) is 1. The van der Waals surface area contributed by atoms with E-state index in [1.165, 1.54) is 17.8 Å². The van der Waals surface area contributed by atoms with Crippen LogP contribution in [-0.4, -0.2) is 30.2 Å². The van der Waals surface area contributed by atoms with Gasteiger partial charge in [0.15, 0.2) is 10.7 Å². The zero-order valence-corrected chi connectivity index (χ0v) is 9.11. The molecule has 2 aromatic rings. The van der Waals surface area contributed by atoms with Crippen molar-refractivity contribution in [2.75, 3.05) is 7.05 Å². The Hall–Kier alpha value is -1.47. The van der Waals surface area contributed by atoms with E-state index in [0.29, 0.717) is 5.65 Å². The van der Waals surface area contributed by atoms with Crippen LogP contribution in [0.2, 0.25) is 0 Å². The van der Waals surface area contributed by atoms with Crippen LogP contribution >= 0.6 is 0 Å². The van der Waals surface area contributed by atoms with Crippen LogP contribution in [0.25, 0.3) is 11.0 Å². The van der Waals surface area contributed by atoms with Gasteiger partial charge in [-0.25, -0.2) is 18.1 Å². The zero-order chi connectivity index (χ0) is 11.1. The number of aromatic nitrogens is 3. The highest BCUT2D eigenvalue weighted by molar-refractivity contribution is 7.89.